The molecule has 0 unspecified atom stereocenters. The lowest BCUT2D eigenvalue weighted by Crippen LogP contribution is -2.30. The summed E-state index contributed by atoms with van der Waals surface area (Å²) >= 11 is 0. The molecule has 0 aliphatic heterocycles. The van der Waals surface area contributed by atoms with Crippen LogP contribution in [0.1, 0.15) is 93.9 Å². The summed E-state index contributed by atoms with van der Waals surface area (Å²) in [4.78, 5) is 22.2. The number of carbonyl (C=O) groups is 1. The standard InChI is InChI=1S/C33H50N4O2/c1-6-36(7-2)33(38)28-19-22-31-30(26-28)34-32(25-27-17-20-29(21-18-27)39-8-3)37(31)24-16-14-12-10-9-11-13-15-23-35(4)5/h17-22,26H,6-16,23-25H2,1-5H3. The molecule has 0 spiro atoms. The molecule has 0 radical (unpaired) electrons. The summed E-state index contributed by atoms with van der Waals surface area (Å²) < 4.78 is 7.99. The van der Waals surface area contributed by atoms with Gasteiger partial charge >= 0.3 is 0 Å². The first-order chi connectivity index (χ1) is 19.0. The highest BCUT2D eigenvalue weighted by Crippen LogP contribution is 2.23. The average molecular weight is 535 g/mol. The fourth-order valence-electron chi connectivity index (χ4n) is 5.20. The van der Waals surface area contributed by atoms with E-state index in [0.717, 1.165) is 42.0 Å². The second-order valence-corrected chi connectivity index (χ2v) is 10.7. The lowest BCUT2D eigenvalue weighted by molar-refractivity contribution is 0.0773. The number of aromatic nitrogens is 2. The number of hydrogen-bond donors (Lipinski definition) is 0. The summed E-state index contributed by atoms with van der Waals surface area (Å²) in [6.45, 7) is 10.3. The summed E-state index contributed by atoms with van der Waals surface area (Å²) in [7, 11) is 4.30. The van der Waals surface area contributed by atoms with Crippen LogP contribution in [0.5, 0.6) is 5.75 Å². The molecule has 3 rings (SSSR count). The highest BCUT2D eigenvalue weighted by atomic mass is 16.5. The number of carbonyl (C=O) groups excluding carboxylic acids is 1. The van der Waals surface area contributed by atoms with Crippen LogP contribution in [0.4, 0.5) is 0 Å². The molecule has 0 saturated heterocycles. The van der Waals surface area contributed by atoms with E-state index in [9.17, 15) is 4.79 Å². The molecule has 3 aromatic rings. The summed E-state index contributed by atoms with van der Waals surface area (Å²) in [5, 5.41) is 0. The third kappa shape index (κ3) is 9.38. The Kier molecular flexibility index (Phi) is 12.8. The number of nitrogens with zero attached hydrogens (tertiary/aromatic N) is 4. The van der Waals surface area contributed by atoms with Crippen molar-refractivity contribution in [2.45, 2.75) is 85.1 Å². The molecule has 0 fully saturated rings. The topological polar surface area (TPSA) is 50.6 Å². The summed E-state index contributed by atoms with van der Waals surface area (Å²) in [6, 6.07) is 14.4. The van der Waals surface area contributed by atoms with E-state index in [1.54, 1.807) is 0 Å². The van der Waals surface area contributed by atoms with Crippen molar-refractivity contribution in [2.75, 3.05) is 40.3 Å². The zero-order chi connectivity index (χ0) is 28.0. The number of fused-ring (bicyclic) bond motifs is 1. The van der Waals surface area contributed by atoms with E-state index >= 15 is 0 Å². The van der Waals surface area contributed by atoms with Gasteiger partial charge < -0.3 is 19.1 Å². The van der Waals surface area contributed by atoms with Crippen LogP contribution >= 0.6 is 0 Å². The first-order valence-corrected chi connectivity index (χ1v) is 15.1. The average Bonchev–Trinajstić information content (AvgIpc) is 3.27. The number of hydrogen-bond acceptors (Lipinski definition) is 4. The van der Waals surface area contributed by atoms with Crippen LogP contribution in [0.15, 0.2) is 42.5 Å². The van der Waals surface area contributed by atoms with Gasteiger partial charge in [-0.3, -0.25) is 4.79 Å². The monoisotopic (exact) mass is 534 g/mol. The number of benzene rings is 2. The molecule has 0 N–H and O–H groups in total. The van der Waals surface area contributed by atoms with Gasteiger partial charge in [-0.05, 0) is 90.1 Å². The molecule has 0 aliphatic carbocycles. The van der Waals surface area contributed by atoms with E-state index < -0.39 is 0 Å². The van der Waals surface area contributed by atoms with E-state index in [2.05, 4.69) is 41.8 Å². The van der Waals surface area contributed by atoms with Gasteiger partial charge in [0.25, 0.3) is 5.91 Å². The molecule has 2 aromatic carbocycles. The number of ether oxygens (including phenoxy) is 1. The third-order valence-electron chi connectivity index (χ3n) is 7.46. The molecule has 1 heterocycles. The smallest absolute Gasteiger partial charge is 0.253 e. The second-order valence-electron chi connectivity index (χ2n) is 10.7. The summed E-state index contributed by atoms with van der Waals surface area (Å²) in [6.07, 6.45) is 11.1. The Bertz CT molecular complexity index is 1130. The number of imidazole rings is 1. The first kappa shape index (κ1) is 30.7. The Hall–Kier alpha value is -2.86. The number of aryl methyl sites for hydroxylation is 1. The van der Waals surface area contributed by atoms with Gasteiger partial charge in [0.05, 0.1) is 17.6 Å². The highest BCUT2D eigenvalue weighted by molar-refractivity contribution is 5.97. The molecule has 0 saturated carbocycles. The van der Waals surface area contributed by atoms with Crippen molar-refractivity contribution in [3.05, 3.63) is 59.4 Å². The molecule has 39 heavy (non-hydrogen) atoms. The van der Waals surface area contributed by atoms with E-state index in [4.69, 9.17) is 9.72 Å². The number of rotatable bonds is 18. The lowest BCUT2D eigenvalue weighted by atomic mass is 10.1. The van der Waals surface area contributed by atoms with Crippen molar-refractivity contribution in [2.24, 2.45) is 0 Å². The molecule has 1 amide bonds. The molecule has 0 bridgehead atoms. The largest absolute Gasteiger partial charge is 0.494 e. The van der Waals surface area contributed by atoms with Gasteiger partial charge in [0.15, 0.2) is 0 Å². The maximum atomic E-state index is 13.0. The molecule has 0 atom stereocenters. The fourth-order valence-corrected chi connectivity index (χ4v) is 5.20. The Morgan fingerprint density at radius 2 is 1.49 bits per heavy atom. The van der Waals surface area contributed by atoms with Gasteiger partial charge in [-0.25, -0.2) is 4.98 Å². The molecular formula is C33H50N4O2. The molecule has 6 nitrogen and oxygen atoms in total. The lowest BCUT2D eigenvalue weighted by Gasteiger charge is -2.18. The highest BCUT2D eigenvalue weighted by Gasteiger charge is 2.17. The normalized spacial score (nSPS) is 11.4. The Morgan fingerprint density at radius 3 is 2.10 bits per heavy atom. The predicted molar refractivity (Wildman–Crippen MR) is 163 cm³/mol. The van der Waals surface area contributed by atoms with Gasteiger partial charge in [0.1, 0.15) is 11.6 Å². The minimum absolute atomic E-state index is 0.0752. The van der Waals surface area contributed by atoms with E-state index in [1.807, 2.05) is 49.9 Å². The van der Waals surface area contributed by atoms with Crippen LogP contribution < -0.4 is 4.74 Å². The molecular weight excluding hydrogens is 484 g/mol. The molecule has 1 aromatic heterocycles. The van der Waals surface area contributed by atoms with E-state index in [1.165, 1.54) is 57.1 Å². The maximum Gasteiger partial charge on any atom is 0.253 e. The second kappa shape index (κ2) is 16.3. The van der Waals surface area contributed by atoms with Crippen molar-refractivity contribution in [1.29, 1.82) is 0 Å². The van der Waals surface area contributed by atoms with Gasteiger partial charge in [-0.2, -0.15) is 0 Å². The van der Waals surface area contributed by atoms with E-state index in [0.29, 0.717) is 25.3 Å². The number of amides is 1. The molecule has 6 heteroatoms. The molecule has 0 aliphatic rings. The summed E-state index contributed by atoms with van der Waals surface area (Å²) in [5.41, 5.74) is 3.96. The Morgan fingerprint density at radius 1 is 0.846 bits per heavy atom. The zero-order valence-corrected chi connectivity index (χ0v) is 25.0. The van der Waals surface area contributed by atoms with Crippen LogP contribution in [-0.2, 0) is 13.0 Å². The van der Waals surface area contributed by atoms with Gasteiger partial charge in [0, 0.05) is 31.6 Å². The minimum atomic E-state index is 0.0752. The minimum Gasteiger partial charge on any atom is -0.494 e. The number of unbranched alkanes of at least 4 members (excludes halogenated alkanes) is 7. The first-order valence-electron chi connectivity index (χ1n) is 15.1. The summed E-state index contributed by atoms with van der Waals surface area (Å²) in [5.74, 6) is 2.03. The van der Waals surface area contributed by atoms with Crippen molar-refractivity contribution in [3.8, 4) is 5.75 Å². The van der Waals surface area contributed by atoms with Crippen LogP contribution in [0.25, 0.3) is 11.0 Å². The van der Waals surface area contributed by atoms with Crippen molar-refractivity contribution >= 4 is 16.9 Å². The van der Waals surface area contributed by atoms with Crippen LogP contribution in [0.3, 0.4) is 0 Å². The van der Waals surface area contributed by atoms with Gasteiger partial charge in [-0.15, -0.1) is 0 Å². The van der Waals surface area contributed by atoms with Crippen molar-refractivity contribution < 1.29 is 9.53 Å². The maximum absolute atomic E-state index is 13.0. The quantitative estimate of drug-likeness (QED) is 0.162. The Labute approximate surface area is 236 Å². The van der Waals surface area contributed by atoms with Gasteiger partial charge in [0.2, 0.25) is 0 Å². The fraction of sp³-hybridized carbons (Fsp3) is 0.576. The third-order valence-corrected chi connectivity index (χ3v) is 7.46. The Balaban J connectivity index is 1.67. The van der Waals surface area contributed by atoms with Crippen molar-refractivity contribution in [3.63, 3.8) is 0 Å². The van der Waals surface area contributed by atoms with Crippen LogP contribution in [0, 0.1) is 0 Å². The predicted octanol–water partition coefficient (Wildman–Crippen LogP) is 7.19. The van der Waals surface area contributed by atoms with Crippen LogP contribution in [0.2, 0.25) is 0 Å². The van der Waals surface area contributed by atoms with E-state index in [-0.39, 0.29) is 5.91 Å². The van der Waals surface area contributed by atoms with Crippen molar-refractivity contribution in [1.82, 2.24) is 19.4 Å². The molecule has 214 valence electrons. The van der Waals surface area contributed by atoms with Crippen LogP contribution in [-0.4, -0.2) is 65.6 Å². The SMILES string of the molecule is CCOc1ccc(Cc2nc3cc(C(=O)N(CC)CC)ccc3n2CCCCCCCCCCN(C)C)cc1. The van der Waals surface area contributed by atoms with Gasteiger partial charge in [-0.1, -0.05) is 50.7 Å². The zero-order valence-electron chi connectivity index (χ0n) is 25.0.